The molecule has 2 fully saturated rings. The molecule has 7 nitrogen and oxygen atoms in total. The molecule has 0 unspecified atom stereocenters. The average molecular weight is 399 g/mol. The molecule has 2 heterocycles. The van der Waals surface area contributed by atoms with Crippen molar-refractivity contribution in [1.29, 1.82) is 0 Å². The van der Waals surface area contributed by atoms with Gasteiger partial charge in [-0.1, -0.05) is 0 Å². The first-order chi connectivity index (χ1) is 13.6. The summed E-state index contributed by atoms with van der Waals surface area (Å²) in [4.78, 5) is 29.6. The summed E-state index contributed by atoms with van der Waals surface area (Å²) in [6.07, 6.45) is 3.26. The predicted molar refractivity (Wildman–Crippen MR) is 109 cm³/mol. The minimum atomic E-state index is -0.852. The van der Waals surface area contributed by atoms with Crippen LogP contribution in [0.5, 0.6) is 0 Å². The van der Waals surface area contributed by atoms with Crippen molar-refractivity contribution < 1.29 is 20.4 Å². The van der Waals surface area contributed by atoms with Crippen LogP contribution in [0, 0.1) is 11.8 Å². The number of alkyl carbamates (subject to hydrolysis) is 1. The number of piperidine rings is 2. The zero-order valence-electron chi connectivity index (χ0n) is 19.2. The number of amides is 2. The first-order valence-electron chi connectivity index (χ1n) is 11.2. The lowest BCUT2D eigenvalue weighted by Crippen LogP contribution is -2.56. The van der Waals surface area contributed by atoms with Crippen LogP contribution in [0.4, 0.5) is 4.79 Å². The third-order valence-corrected chi connectivity index (χ3v) is 5.95. The monoisotopic (exact) mass is 398 g/mol. The van der Waals surface area contributed by atoms with Crippen LogP contribution in [0.15, 0.2) is 0 Å². The van der Waals surface area contributed by atoms with E-state index in [9.17, 15) is 9.59 Å². The van der Waals surface area contributed by atoms with Gasteiger partial charge in [-0.3, -0.25) is 4.79 Å². The summed E-state index contributed by atoms with van der Waals surface area (Å²) < 4.78 is 17.9. The predicted octanol–water partition coefficient (Wildman–Crippen LogP) is 2.50. The Balaban J connectivity index is 1.93. The van der Waals surface area contributed by atoms with Gasteiger partial charge in [0.2, 0.25) is 5.91 Å². The fourth-order valence-electron chi connectivity index (χ4n) is 4.20. The molecule has 0 bridgehead atoms. The lowest BCUT2D eigenvalue weighted by atomic mass is 9.79. The van der Waals surface area contributed by atoms with E-state index in [1.54, 1.807) is 27.7 Å². The number of rotatable bonds is 5. The summed E-state index contributed by atoms with van der Waals surface area (Å²) in [6.45, 7) is 10.8. The highest BCUT2D eigenvalue weighted by Crippen LogP contribution is 2.32. The highest BCUT2D eigenvalue weighted by molar-refractivity contribution is 5.86. The molecule has 0 aromatic rings. The van der Waals surface area contributed by atoms with Crippen molar-refractivity contribution in [2.75, 3.05) is 40.3 Å². The number of hydrogen-bond donors (Lipinski definition) is 1. The molecular weight excluding hydrogens is 358 g/mol. The number of nitrogens with zero attached hydrogens (tertiary/aromatic N) is 2. The van der Waals surface area contributed by atoms with Crippen molar-refractivity contribution in [3.8, 4) is 0 Å². The molecule has 2 atom stereocenters. The topological polar surface area (TPSA) is 71.1 Å². The van der Waals surface area contributed by atoms with E-state index in [1.807, 2.05) is 4.90 Å². The van der Waals surface area contributed by atoms with Gasteiger partial charge < -0.3 is 24.6 Å². The van der Waals surface area contributed by atoms with E-state index >= 15 is 0 Å². The lowest BCUT2D eigenvalue weighted by molar-refractivity contribution is -0.138. The van der Waals surface area contributed by atoms with Gasteiger partial charge in [-0.2, -0.15) is 0 Å². The Bertz CT molecular complexity index is 539. The van der Waals surface area contributed by atoms with Gasteiger partial charge in [-0.15, -0.1) is 0 Å². The molecule has 0 aromatic carbocycles. The summed E-state index contributed by atoms with van der Waals surface area (Å²) in [5.41, 5.74) is -0.649. The Morgan fingerprint density at radius 1 is 1.07 bits per heavy atom. The van der Waals surface area contributed by atoms with Gasteiger partial charge in [-0.05, 0) is 85.4 Å². The molecule has 0 spiro atoms. The van der Waals surface area contributed by atoms with Crippen LogP contribution in [0.2, 0.25) is 0 Å². The number of carbonyl (C=O) groups excluding carboxylic acids is 2. The van der Waals surface area contributed by atoms with Crippen LogP contribution < -0.4 is 5.32 Å². The molecule has 0 aliphatic carbocycles. The van der Waals surface area contributed by atoms with Gasteiger partial charge in [0.25, 0.3) is 0 Å². The van der Waals surface area contributed by atoms with Crippen molar-refractivity contribution in [1.82, 2.24) is 15.1 Å². The van der Waals surface area contributed by atoms with Crippen LogP contribution in [0.25, 0.3) is 0 Å². The molecule has 2 saturated heterocycles. The number of methoxy groups -OCH3 is 1. The summed E-state index contributed by atoms with van der Waals surface area (Å²) in [5, 5.41) is 2.67. The number of carbonyl (C=O) groups is 2. The van der Waals surface area contributed by atoms with Crippen LogP contribution in [-0.4, -0.2) is 79.9 Å². The first kappa shape index (κ1) is 21.4. The Kier molecular flexibility index (Phi) is 7.57. The van der Waals surface area contributed by atoms with Crippen LogP contribution >= 0.6 is 0 Å². The van der Waals surface area contributed by atoms with E-state index < -0.39 is 23.8 Å². The second-order valence-electron chi connectivity index (χ2n) is 9.30. The quantitative estimate of drug-likeness (QED) is 0.770. The SMILES string of the molecule is [2H]CO[C@H](C)[C@H](NC(=O)OC(C)(C)C)C(=O)N1CCC(C2CCN(C)CC2)CC1. The van der Waals surface area contributed by atoms with E-state index in [0.717, 1.165) is 31.8 Å². The van der Waals surface area contributed by atoms with Crippen LogP contribution in [0.3, 0.4) is 0 Å². The Labute approximate surface area is 171 Å². The molecule has 0 radical (unpaired) electrons. The van der Waals surface area contributed by atoms with Crippen LogP contribution in [0.1, 0.15) is 54.7 Å². The fourth-order valence-corrected chi connectivity index (χ4v) is 4.20. The number of nitrogens with one attached hydrogen (secondary N) is 1. The molecule has 28 heavy (non-hydrogen) atoms. The molecule has 2 aliphatic heterocycles. The smallest absolute Gasteiger partial charge is 0.408 e. The van der Waals surface area contributed by atoms with Crippen molar-refractivity contribution in [3.63, 3.8) is 0 Å². The van der Waals surface area contributed by atoms with Gasteiger partial charge in [-0.25, -0.2) is 4.79 Å². The van der Waals surface area contributed by atoms with Crippen LogP contribution in [-0.2, 0) is 14.3 Å². The molecule has 162 valence electrons. The third kappa shape index (κ3) is 6.62. The van der Waals surface area contributed by atoms with Crippen molar-refractivity contribution in [3.05, 3.63) is 0 Å². The average Bonchev–Trinajstić information content (AvgIpc) is 2.65. The molecule has 0 aromatic heterocycles. The van der Waals surface area contributed by atoms with Gasteiger partial charge in [0.05, 0.1) is 7.47 Å². The van der Waals surface area contributed by atoms with E-state index in [1.165, 1.54) is 12.8 Å². The number of ether oxygens (including phenoxy) is 2. The lowest BCUT2D eigenvalue weighted by Gasteiger charge is -2.40. The van der Waals surface area contributed by atoms with E-state index in [0.29, 0.717) is 19.0 Å². The van der Waals surface area contributed by atoms with Gasteiger partial charge in [0.1, 0.15) is 11.6 Å². The largest absolute Gasteiger partial charge is 0.444 e. The van der Waals surface area contributed by atoms with E-state index in [2.05, 4.69) is 17.3 Å². The zero-order valence-corrected chi connectivity index (χ0v) is 18.2. The highest BCUT2D eigenvalue weighted by atomic mass is 16.6. The second kappa shape index (κ2) is 9.92. The number of likely N-dealkylation sites (tertiary alicyclic amines) is 2. The highest BCUT2D eigenvalue weighted by Gasteiger charge is 2.36. The Hall–Kier alpha value is -1.34. The normalized spacial score (nSPS) is 23.0. The van der Waals surface area contributed by atoms with Gasteiger partial charge >= 0.3 is 6.09 Å². The molecule has 0 saturated carbocycles. The Morgan fingerprint density at radius 2 is 1.61 bits per heavy atom. The van der Waals surface area contributed by atoms with E-state index in [-0.39, 0.29) is 13.0 Å². The standard InChI is InChI=1S/C21H39N3O4/c1-15(27-6)18(22-20(26)28-21(2,3)4)19(25)24-13-9-17(10-14-24)16-7-11-23(5)12-8-16/h15-18H,7-14H2,1-6H3,(H,22,26)/t15-,18+/m1/s1/i6D. The molecule has 2 aliphatic rings. The fraction of sp³-hybridized carbons (Fsp3) is 0.905. The van der Waals surface area contributed by atoms with Gasteiger partial charge in [0.15, 0.2) is 0 Å². The van der Waals surface area contributed by atoms with Crippen molar-refractivity contribution >= 4 is 12.0 Å². The molecular formula is C21H39N3O4. The molecule has 2 rings (SSSR count). The Morgan fingerprint density at radius 3 is 2.11 bits per heavy atom. The summed E-state index contributed by atoms with van der Waals surface area (Å²) in [7, 11) is 1.91. The molecule has 1 N–H and O–H groups in total. The second-order valence-corrected chi connectivity index (χ2v) is 9.30. The van der Waals surface area contributed by atoms with Crippen molar-refractivity contribution in [2.24, 2.45) is 11.8 Å². The maximum absolute atomic E-state index is 13.1. The zero-order chi connectivity index (χ0) is 21.6. The van der Waals surface area contributed by atoms with E-state index in [4.69, 9.17) is 10.8 Å². The maximum atomic E-state index is 13.1. The summed E-state index contributed by atoms with van der Waals surface area (Å²) in [5.74, 6) is 1.27. The van der Waals surface area contributed by atoms with Gasteiger partial charge in [0, 0.05) is 20.2 Å². The van der Waals surface area contributed by atoms with Crippen molar-refractivity contribution in [2.45, 2.75) is 71.1 Å². The molecule has 7 heteroatoms. The third-order valence-electron chi connectivity index (χ3n) is 5.95. The summed E-state index contributed by atoms with van der Waals surface area (Å²) >= 11 is 0. The minimum Gasteiger partial charge on any atom is -0.444 e. The first-order valence-corrected chi connectivity index (χ1v) is 10.5. The maximum Gasteiger partial charge on any atom is 0.408 e. The minimum absolute atomic E-state index is 0.154. The number of hydrogen-bond acceptors (Lipinski definition) is 5. The molecule has 2 amide bonds. The summed E-state index contributed by atoms with van der Waals surface area (Å²) in [6, 6.07) is -0.852.